The molecule has 0 bridgehead atoms. The number of phenolic OH excluding ortho intramolecular Hbond substituents is 1. The van der Waals surface area contributed by atoms with Crippen molar-refractivity contribution in [2.75, 3.05) is 25.0 Å². The molecule has 0 aromatic heterocycles. The van der Waals surface area contributed by atoms with Gasteiger partial charge in [0.25, 0.3) is 0 Å². The SMILES string of the molecule is CC.CS(C)(=O)=O.CS(C)(=O)=O.Cc1ccc(O)c2c1C(=O)c1ccccc1C2=O.Cc1ccccc1.Cc1ccccc1. The highest BCUT2D eigenvalue weighted by molar-refractivity contribution is 7.90. The Kier molecular flexibility index (Phi) is 17.5. The van der Waals surface area contributed by atoms with Crippen LogP contribution in [0.2, 0.25) is 0 Å². The Labute approximate surface area is 263 Å². The molecule has 9 heteroatoms. The third-order valence-corrected chi connectivity index (χ3v) is 5.14. The van der Waals surface area contributed by atoms with Gasteiger partial charge in [0, 0.05) is 41.7 Å². The topological polar surface area (TPSA) is 123 Å². The van der Waals surface area contributed by atoms with Gasteiger partial charge in [-0.15, -0.1) is 0 Å². The summed E-state index contributed by atoms with van der Waals surface area (Å²) in [5.74, 6) is -0.626. The monoisotopic (exact) mass is 640 g/mol. The van der Waals surface area contributed by atoms with Gasteiger partial charge in [0.05, 0.1) is 5.56 Å². The minimum Gasteiger partial charge on any atom is -0.507 e. The molecule has 0 saturated heterocycles. The minimum absolute atomic E-state index is 0.124. The smallest absolute Gasteiger partial charge is 0.198 e. The van der Waals surface area contributed by atoms with Crippen LogP contribution in [-0.2, 0) is 19.7 Å². The van der Waals surface area contributed by atoms with Crippen molar-refractivity contribution in [2.45, 2.75) is 34.6 Å². The number of carbonyl (C=O) groups is 2. The molecule has 0 unspecified atom stereocenters. The lowest BCUT2D eigenvalue weighted by Gasteiger charge is -2.19. The summed E-state index contributed by atoms with van der Waals surface area (Å²) in [6.07, 6.45) is 4.64. The molecule has 4 aromatic carbocycles. The van der Waals surface area contributed by atoms with Crippen LogP contribution in [0.1, 0.15) is 62.4 Å². The summed E-state index contributed by atoms with van der Waals surface area (Å²) in [7, 11) is -5.33. The molecule has 1 aliphatic rings. The summed E-state index contributed by atoms with van der Waals surface area (Å²) >= 11 is 0. The number of hydrogen-bond donors (Lipinski definition) is 1. The van der Waals surface area contributed by atoms with Gasteiger partial charge in [0.1, 0.15) is 25.4 Å². The van der Waals surface area contributed by atoms with Crippen LogP contribution in [0.4, 0.5) is 0 Å². The predicted molar refractivity (Wildman–Crippen MR) is 181 cm³/mol. The first-order valence-corrected chi connectivity index (χ1v) is 18.3. The van der Waals surface area contributed by atoms with E-state index >= 15 is 0 Å². The number of aromatic hydroxyl groups is 1. The predicted octanol–water partition coefficient (Wildman–Crippen LogP) is 6.81. The van der Waals surface area contributed by atoms with E-state index in [0.29, 0.717) is 22.3 Å². The third-order valence-electron chi connectivity index (χ3n) is 5.14. The van der Waals surface area contributed by atoms with E-state index in [-0.39, 0.29) is 22.9 Å². The summed E-state index contributed by atoms with van der Waals surface area (Å²) in [5, 5.41) is 9.82. The van der Waals surface area contributed by atoms with Crippen LogP contribution in [0.5, 0.6) is 5.75 Å². The van der Waals surface area contributed by atoms with Crippen molar-refractivity contribution in [3.63, 3.8) is 0 Å². The lowest BCUT2D eigenvalue weighted by atomic mass is 9.81. The van der Waals surface area contributed by atoms with Crippen molar-refractivity contribution >= 4 is 31.2 Å². The third kappa shape index (κ3) is 16.5. The molecule has 4 aromatic rings. The fourth-order valence-corrected chi connectivity index (χ4v) is 3.44. The van der Waals surface area contributed by atoms with Gasteiger partial charge in [-0.3, -0.25) is 9.59 Å². The molecule has 7 nitrogen and oxygen atoms in total. The Morgan fingerprint density at radius 1 is 0.477 bits per heavy atom. The van der Waals surface area contributed by atoms with Crippen LogP contribution in [0.15, 0.2) is 97.1 Å². The first kappa shape index (κ1) is 39.9. The highest BCUT2D eigenvalue weighted by Gasteiger charge is 2.32. The van der Waals surface area contributed by atoms with Crippen molar-refractivity contribution in [3.05, 3.63) is 136 Å². The van der Waals surface area contributed by atoms with Crippen molar-refractivity contribution in [1.82, 2.24) is 0 Å². The molecule has 0 radical (unpaired) electrons. The molecule has 0 saturated carbocycles. The van der Waals surface area contributed by atoms with Gasteiger partial charge in [-0.2, -0.15) is 0 Å². The lowest BCUT2D eigenvalue weighted by molar-refractivity contribution is 0.0976. The fourth-order valence-electron chi connectivity index (χ4n) is 3.44. The van der Waals surface area contributed by atoms with Gasteiger partial charge >= 0.3 is 0 Å². The molecule has 1 N–H and O–H groups in total. The van der Waals surface area contributed by atoms with E-state index in [1.54, 1.807) is 37.3 Å². The Balaban J connectivity index is 0.000000592. The van der Waals surface area contributed by atoms with Crippen molar-refractivity contribution in [1.29, 1.82) is 0 Å². The van der Waals surface area contributed by atoms with Crippen LogP contribution in [0, 0.1) is 20.8 Å². The molecule has 0 amide bonds. The summed E-state index contributed by atoms with van der Waals surface area (Å²) in [4.78, 5) is 24.7. The van der Waals surface area contributed by atoms with Gasteiger partial charge in [-0.25, -0.2) is 16.8 Å². The van der Waals surface area contributed by atoms with Crippen LogP contribution in [-0.4, -0.2) is 58.5 Å². The zero-order valence-electron chi connectivity index (χ0n) is 27.0. The Morgan fingerprint density at radius 2 is 0.773 bits per heavy atom. The molecule has 1 aliphatic carbocycles. The lowest BCUT2D eigenvalue weighted by Crippen LogP contribution is -2.22. The molecular weight excluding hydrogens is 597 g/mol. The highest BCUT2D eigenvalue weighted by Crippen LogP contribution is 2.34. The quantitative estimate of drug-likeness (QED) is 0.197. The summed E-state index contributed by atoms with van der Waals surface area (Å²) in [6, 6.07) is 30.3. The van der Waals surface area contributed by atoms with Gasteiger partial charge in [-0.1, -0.05) is 116 Å². The average molecular weight is 641 g/mol. The molecule has 238 valence electrons. The van der Waals surface area contributed by atoms with E-state index in [1.165, 1.54) is 17.2 Å². The van der Waals surface area contributed by atoms with Crippen LogP contribution in [0.25, 0.3) is 0 Å². The molecule has 0 heterocycles. The largest absolute Gasteiger partial charge is 0.507 e. The molecule has 0 fully saturated rings. The minimum atomic E-state index is -2.67. The van der Waals surface area contributed by atoms with Gasteiger partial charge < -0.3 is 5.11 Å². The van der Waals surface area contributed by atoms with Gasteiger partial charge in [-0.05, 0) is 32.4 Å². The first-order chi connectivity index (χ1) is 20.4. The number of carbonyl (C=O) groups excluding carboxylic acids is 2. The van der Waals surface area contributed by atoms with E-state index in [9.17, 15) is 31.5 Å². The van der Waals surface area contributed by atoms with Gasteiger partial charge in [0.15, 0.2) is 11.6 Å². The molecule has 0 atom stereocenters. The second-order valence-corrected chi connectivity index (χ2v) is 14.5. The van der Waals surface area contributed by atoms with Gasteiger partial charge in [0.2, 0.25) is 0 Å². The summed E-state index contributed by atoms with van der Waals surface area (Å²) < 4.78 is 38.5. The molecular formula is C35H44O7S2. The zero-order valence-corrected chi connectivity index (χ0v) is 28.6. The Morgan fingerprint density at radius 3 is 1.07 bits per heavy atom. The van der Waals surface area contributed by atoms with Crippen LogP contribution >= 0.6 is 0 Å². The number of hydrogen-bond acceptors (Lipinski definition) is 7. The second-order valence-electron chi connectivity index (χ2n) is 9.95. The average Bonchev–Trinajstić information content (AvgIpc) is 2.94. The number of phenols is 1. The van der Waals surface area contributed by atoms with Crippen LogP contribution in [0.3, 0.4) is 0 Å². The first-order valence-electron chi connectivity index (χ1n) is 13.7. The maximum absolute atomic E-state index is 12.4. The van der Waals surface area contributed by atoms with Crippen molar-refractivity contribution in [2.24, 2.45) is 0 Å². The van der Waals surface area contributed by atoms with Crippen molar-refractivity contribution in [3.8, 4) is 5.75 Å². The fraction of sp³-hybridized carbons (Fsp3) is 0.257. The number of rotatable bonds is 0. The number of sulfone groups is 2. The number of benzene rings is 4. The summed E-state index contributed by atoms with van der Waals surface area (Å²) in [5.41, 5.74) is 4.55. The standard InChI is InChI=1S/C15H10O3.2C7H8.2C2H6O2S.C2H6/c1-8-6-7-11(16)13-12(8)14(17)9-4-2-3-5-10(9)15(13)18;2*1-7-5-3-2-4-6-7;2*1-5(2,3)4;1-2/h2-7,16H,1H3;2*2-6H,1H3;2*1-2H3;1-2H3. The number of ketones is 2. The van der Waals surface area contributed by atoms with Crippen LogP contribution < -0.4 is 0 Å². The van der Waals surface area contributed by atoms with E-state index < -0.39 is 19.7 Å². The number of fused-ring (bicyclic) bond motifs is 2. The highest BCUT2D eigenvalue weighted by atomic mass is 32.2. The van der Waals surface area contributed by atoms with E-state index in [4.69, 9.17) is 0 Å². The van der Waals surface area contributed by atoms with E-state index in [1.807, 2.05) is 50.2 Å². The van der Waals surface area contributed by atoms with E-state index in [0.717, 1.165) is 25.0 Å². The normalized spacial score (nSPS) is 10.9. The zero-order chi connectivity index (χ0) is 34.1. The maximum Gasteiger partial charge on any atom is 0.198 e. The molecule has 0 spiro atoms. The maximum atomic E-state index is 12.4. The Bertz CT molecular complexity index is 1550. The Hall–Kier alpha value is -4.08. The molecule has 44 heavy (non-hydrogen) atoms. The van der Waals surface area contributed by atoms with E-state index in [2.05, 4.69) is 38.1 Å². The molecule has 5 rings (SSSR count). The second kappa shape index (κ2) is 19.2. The van der Waals surface area contributed by atoms with Crippen molar-refractivity contribution < 1.29 is 31.5 Å². The number of aryl methyl sites for hydroxylation is 3. The molecule has 0 aliphatic heterocycles. The summed E-state index contributed by atoms with van der Waals surface area (Å²) in [6.45, 7) is 9.93.